The summed E-state index contributed by atoms with van der Waals surface area (Å²) in [6.45, 7) is 3.58. The molecule has 0 aliphatic carbocycles. The first kappa shape index (κ1) is 24.3. The lowest BCUT2D eigenvalue weighted by molar-refractivity contribution is -0.117. The minimum Gasteiger partial charge on any atom is -0.327 e. The Bertz CT molecular complexity index is 1340. The molecule has 0 bridgehead atoms. The van der Waals surface area contributed by atoms with E-state index in [-0.39, 0.29) is 30.2 Å². The summed E-state index contributed by atoms with van der Waals surface area (Å²) in [7, 11) is 0. The molecule has 178 valence electrons. The zero-order valence-electron chi connectivity index (χ0n) is 19.3. The molecule has 0 fully saturated rings. The van der Waals surface area contributed by atoms with Crippen LogP contribution in [0.15, 0.2) is 89.4 Å². The normalized spacial score (nSPS) is 10.9. The van der Waals surface area contributed by atoms with Gasteiger partial charge < -0.3 is 10.2 Å². The van der Waals surface area contributed by atoms with E-state index in [0.717, 1.165) is 10.0 Å². The molecule has 1 aromatic heterocycles. The van der Waals surface area contributed by atoms with E-state index in [0.29, 0.717) is 22.8 Å². The number of hydrogen-bond acceptors (Lipinski definition) is 3. The Morgan fingerprint density at radius 2 is 1.71 bits per heavy atom. The van der Waals surface area contributed by atoms with Gasteiger partial charge in [0.05, 0.1) is 11.4 Å². The van der Waals surface area contributed by atoms with Gasteiger partial charge in [0.15, 0.2) is 0 Å². The Labute approximate surface area is 211 Å². The number of carbonyl (C=O) groups excluding carboxylic acids is 2. The summed E-state index contributed by atoms with van der Waals surface area (Å²) in [5.74, 6) is -0.564. The molecule has 0 saturated carbocycles. The van der Waals surface area contributed by atoms with E-state index < -0.39 is 0 Å². The van der Waals surface area contributed by atoms with Crippen LogP contribution < -0.4 is 5.32 Å². The second-order valence-electron chi connectivity index (χ2n) is 8.25. The summed E-state index contributed by atoms with van der Waals surface area (Å²) in [6.07, 6.45) is 0. The van der Waals surface area contributed by atoms with E-state index in [4.69, 9.17) is 0 Å². The van der Waals surface area contributed by atoms with Crippen LogP contribution in [-0.4, -0.2) is 39.1 Å². The smallest absolute Gasteiger partial charge is 0.254 e. The summed E-state index contributed by atoms with van der Waals surface area (Å²) in [4.78, 5) is 27.7. The van der Waals surface area contributed by atoms with Crippen LogP contribution in [-0.2, 0) is 4.79 Å². The van der Waals surface area contributed by atoms with E-state index >= 15 is 0 Å². The molecule has 6 nitrogen and oxygen atoms in total. The quantitative estimate of drug-likeness (QED) is 0.319. The van der Waals surface area contributed by atoms with Crippen LogP contribution in [0.3, 0.4) is 0 Å². The zero-order valence-corrected chi connectivity index (χ0v) is 20.9. The molecule has 0 unspecified atom stereocenters. The van der Waals surface area contributed by atoms with Crippen LogP contribution in [0.1, 0.15) is 24.2 Å². The van der Waals surface area contributed by atoms with Gasteiger partial charge in [-0.25, -0.2) is 9.07 Å². The molecule has 1 heterocycles. The highest BCUT2D eigenvalue weighted by atomic mass is 79.9. The van der Waals surface area contributed by atoms with E-state index in [1.54, 1.807) is 41.1 Å². The van der Waals surface area contributed by atoms with Gasteiger partial charge in [-0.05, 0) is 56.3 Å². The van der Waals surface area contributed by atoms with Crippen LogP contribution in [0.5, 0.6) is 0 Å². The molecular weight excluding hydrogens is 511 g/mol. The summed E-state index contributed by atoms with van der Waals surface area (Å²) >= 11 is 3.38. The molecule has 4 aromatic rings. The largest absolute Gasteiger partial charge is 0.327 e. The van der Waals surface area contributed by atoms with Crippen molar-refractivity contribution in [3.63, 3.8) is 0 Å². The third kappa shape index (κ3) is 5.84. The lowest BCUT2D eigenvalue weighted by Gasteiger charge is -2.26. The third-order valence-corrected chi connectivity index (χ3v) is 5.88. The molecule has 2 amide bonds. The summed E-state index contributed by atoms with van der Waals surface area (Å²) in [6, 6.07) is 24.0. The van der Waals surface area contributed by atoms with Crippen molar-refractivity contribution >= 4 is 33.6 Å². The van der Waals surface area contributed by atoms with Crippen molar-refractivity contribution in [1.82, 2.24) is 14.7 Å². The molecule has 0 spiro atoms. The predicted octanol–water partition coefficient (Wildman–Crippen LogP) is 5.93. The van der Waals surface area contributed by atoms with Crippen molar-refractivity contribution in [2.24, 2.45) is 0 Å². The molecular formula is C27H24BrFN4O2. The van der Waals surface area contributed by atoms with Crippen molar-refractivity contribution < 1.29 is 14.0 Å². The fourth-order valence-corrected chi connectivity index (χ4v) is 4.01. The molecule has 4 rings (SSSR count). The maximum atomic E-state index is 13.5. The molecule has 3 aromatic carbocycles. The van der Waals surface area contributed by atoms with Gasteiger partial charge in [0.2, 0.25) is 5.91 Å². The monoisotopic (exact) mass is 534 g/mol. The maximum Gasteiger partial charge on any atom is 0.254 e. The molecule has 0 radical (unpaired) electrons. The summed E-state index contributed by atoms with van der Waals surface area (Å²) < 4.78 is 15.8. The third-order valence-electron chi connectivity index (χ3n) is 5.39. The van der Waals surface area contributed by atoms with Crippen LogP contribution in [0.2, 0.25) is 0 Å². The van der Waals surface area contributed by atoms with E-state index in [2.05, 4.69) is 26.3 Å². The van der Waals surface area contributed by atoms with Crippen LogP contribution in [0, 0.1) is 5.82 Å². The fourth-order valence-electron chi connectivity index (χ4n) is 3.61. The first-order chi connectivity index (χ1) is 16.8. The number of rotatable bonds is 7. The average Bonchev–Trinajstić information content (AvgIpc) is 3.26. The minimum atomic E-state index is -0.370. The van der Waals surface area contributed by atoms with Gasteiger partial charge in [0, 0.05) is 27.7 Å². The van der Waals surface area contributed by atoms with Gasteiger partial charge in [-0.1, -0.05) is 52.3 Å². The number of aromatic nitrogens is 2. The predicted molar refractivity (Wildman–Crippen MR) is 138 cm³/mol. The first-order valence-electron chi connectivity index (χ1n) is 11.1. The fraction of sp³-hybridized carbons (Fsp3) is 0.148. The second-order valence-corrected chi connectivity index (χ2v) is 9.17. The molecule has 8 heteroatoms. The van der Waals surface area contributed by atoms with Gasteiger partial charge in [0.25, 0.3) is 5.91 Å². The first-order valence-corrected chi connectivity index (χ1v) is 11.9. The van der Waals surface area contributed by atoms with Gasteiger partial charge in [-0.2, -0.15) is 5.10 Å². The number of carbonyl (C=O) groups is 2. The van der Waals surface area contributed by atoms with Crippen LogP contribution >= 0.6 is 15.9 Å². The van der Waals surface area contributed by atoms with Crippen molar-refractivity contribution in [3.05, 3.63) is 101 Å². The van der Waals surface area contributed by atoms with Gasteiger partial charge in [-0.3, -0.25) is 9.59 Å². The van der Waals surface area contributed by atoms with Gasteiger partial charge in [-0.15, -0.1) is 0 Å². The number of anilines is 1. The zero-order chi connectivity index (χ0) is 24.9. The molecule has 0 atom stereocenters. The summed E-state index contributed by atoms with van der Waals surface area (Å²) in [5.41, 5.74) is 2.60. The number of nitrogens with zero attached hydrogens (tertiary/aromatic N) is 3. The lowest BCUT2D eigenvalue weighted by Crippen LogP contribution is -2.42. The van der Waals surface area contributed by atoms with Gasteiger partial charge in [0.1, 0.15) is 18.2 Å². The van der Waals surface area contributed by atoms with Crippen molar-refractivity contribution in [2.75, 3.05) is 11.9 Å². The Morgan fingerprint density at radius 3 is 2.37 bits per heavy atom. The molecule has 0 aliphatic rings. The number of nitrogens with one attached hydrogen (secondary N) is 1. The topological polar surface area (TPSA) is 67.2 Å². The lowest BCUT2D eigenvalue weighted by atomic mass is 10.1. The number of hydrogen-bond donors (Lipinski definition) is 1. The Kier molecular flexibility index (Phi) is 7.41. The highest BCUT2D eigenvalue weighted by Crippen LogP contribution is 2.25. The Hall–Kier alpha value is -3.78. The number of benzene rings is 3. The van der Waals surface area contributed by atoms with Crippen molar-refractivity contribution in [2.45, 2.75) is 19.9 Å². The Balaban J connectivity index is 1.61. The van der Waals surface area contributed by atoms with Crippen molar-refractivity contribution in [3.8, 4) is 16.9 Å². The number of amides is 2. The van der Waals surface area contributed by atoms with Crippen LogP contribution in [0.25, 0.3) is 16.9 Å². The molecule has 0 saturated heterocycles. The highest BCUT2D eigenvalue weighted by molar-refractivity contribution is 9.10. The Morgan fingerprint density at radius 1 is 1.00 bits per heavy atom. The SMILES string of the molecule is CC(C)N(CC(=O)Nc1cc(-c2ccccc2)nn1-c1ccc(F)cc1)C(=O)c1cccc(Br)c1. The van der Waals surface area contributed by atoms with Crippen molar-refractivity contribution in [1.29, 1.82) is 0 Å². The number of halogens is 2. The standard InChI is InChI=1S/C27H24BrFN4O2/c1-18(2)32(27(35)20-9-6-10-21(28)15-20)17-26(34)30-25-16-24(19-7-4-3-5-8-19)31-33(25)23-13-11-22(29)12-14-23/h3-16,18H,17H2,1-2H3,(H,30,34). The van der Waals surface area contributed by atoms with Gasteiger partial charge >= 0.3 is 0 Å². The summed E-state index contributed by atoms with van der Waals surface area (Å²) in [5, 5.41) is 7.52. The molecule has 35 heavy (non-hydrogen) atoms. The highest BCUT2D eigenvalue weighted by Gasteiger charge is 2.23. The average molecular weight is 535 g/mol. The minimum absolute atomic E-state index is 0.141. The van der Waals surface area contributed by atoms with E-state index in [1.165, 1.54) is 17.0 Å². The second kappa shape index (κ2) is 10.7. The molecule has 0 aliphatic heterocycles. The van der Waals surface area contributed by atoms with E-state index in [9.17, 15) is 14.0 Å². The van der Waals surface area contributed by atoms with Crippen LogP contribution in [0.4, 0.5) is 10.2 Å². The van der Waals surface area contributed by atoms with E-state index in [1.807, 2.05) is 50.2 Å². The molecule has 1 N–H and O–H groups in total. The maximum absolute atomic E-state index is 13.5.